The number of nitro benzene ring substituents is 1. The van der Waals surface area contributed by atoms with E-state index < -0.39 is 0 Å². The van der Waals surface area contributed by atoms with Gasteiger partial charge in [-0.25, -0.2) is 0 Å². The lowest BCUT2D eigenvalue weighted by molar-refractivity contribution is -0.384. The van der Waals surface area contributed by atoms with Crippen molar-refractivity contribution in [3.63, 3.8) is 0 Å². The molecule has 0 aliphatic carbocycles. The van der Waals surface area contributed by atoms with E-state index in [2.05, 4.69) is 19.2 Å². The molecule has 5 heteroatoms. The summed E-state index contributed by atoms with van der Waals surface area (Å²) in [6.07, 6.45) is 2.43. The molecule has 1 aromatic rings. The molecule has 1 aliphatic rings. The normalized spacial score (nSPS) is 27.8. The first-order chi connectivity index (χ1) is 8.54. The lowest BCUT2D eigenvalue weighted by Gasteiger charge is -2.33. The second kappa shape index (κ2) is 5.35. The van der Waals surface area contributed by atoms with E-state index in [-0.39, 0.29) is 22.8 Å². The number of ether oxygens (including phenoxy) is 1. The van der Waals surface area contributed by atoms with Crippen LogP contribution in [0.4, 0.5) is 11.4 Å². The van der Waals surface area contributed by atoms with Gasteiger partial charge in [0.15, 0.2) is 0 Å². The molecular weight excluding hydrogens is 232 g/mol. The van der Waals surface area contributed by atoms with Gasteiger partial charge in [-0.3, -0.25) is 10.1 Å². The van der Waals surface area contributed by atoms with Gasteiger partial charge >= 0.3 is 0 Å². The summed E-state index contributed by atoms with van der Waals surface area (Å²) in [7, 11) is 0. The fourth-order valence-electron chi connectivity index (χ4n) is 2.44. The van der Waals surface area contributed by atoms with E-state index in [4.69, 9.17) is 4.74 Å². The van der Waals surface area contributed by atoms with Crippen LogP contribution in [0, 0.1) is 10.1 Å². The summed E-state index contributed by atoms with van der Waals surface area (Å²) in [6.45, 7) is 4.14. The van der Waals surface area contributed by atoms with Gasteiger partial charge in [0.05, 0.1) is 17.1 Å². The second-order valence-corrected chi connectivity index (χ2v) is 4.87. The quantitative estimate of drug-likeness (QED) is 0.661. The number of nitrogens with one attached hydrogen (secondary N) is 1. The van der Waals surface area contributed by atoms with E-state index >= 15 is 0 Å². The van der Waals surface area contributed by atoms with E-state index in [1.54, 1.807) is 12.1 Å². The fourth-order valence-corrected chi connectivity index (χ4v) is 2.44. The van der Waals surface area contributed by atoms with Crippen LogP contribution in [-0.2, 0) is 4.74 Å². The minimum absolute atomic E-state index is 0.120. The number of hydrogen-bond acceptors (Lipinski definition) is 4. The maximum atomic E-state index is 10.6. The zero-order valence-corrected chi connectivity index (χ0v) is 10.6. The number of anilines is 1. The van der Waals surface area contributed by atoms with Crippen molar-refractivity contribution in [1.29, 1.82) is 0 Å². The molecule has 2 rings (SSSR count). The molecule has 18 heavy (non-hydrogen) atoms. The maximum absolute atomic E-state index is 10.6. The van der Waals surface area contributed by atoms with E-state index in [1.165, 1.54) is 12.1 Å². The molecule has 0 saturated carbocycles. The van der Waals surface area contributed by atoms with Gasteiger partial charge in [-0.2, -0.15) is 0 Å². The molecule has 1 saturated heterocycles. The summed E-state index contributed by atoms with van der Waals surface area (Å²) in [6, 6.07) is 6.92. The molecule has 1 N–H and O–H groups in total. The molecule has 0 spiro atoms. The van der Waals surface area contributed by atoms with Crippen LogP contribution < -0.4 is 5.32 Å². The predicted octanol–water partition coefficient (Wildman–Crippen LogP) is 2.96. The Labute approximate surface area is 106 Å². The third-order valence-electron chi connectivity index (χ3n) is 3.15. The van der Waals surface area contributed by atoms with Crippen molar-refractivity contribution in [3.05, 3.63) is 34.4 Å². The standard InChI is InChI=1S/C13H18N2O3/c1-9-7-12(8-10(2)18-9)14-11-3-5-13(6-4-11)15(16)17/h3-6,9-10,12,14H,7-8H2,1-2H3. The van der Waals surface area contributed by atoms with Crippen LogP contribution >= 0.6 is 0 Å². The lowest BCUT2D eigenvalue weighted by atomic mass is 9.99. The minimum atomic E-state index is -0.387. The highest BCUT2D eigenvalue weighted by atomic mass is 16.6. The highest BCUT2D eigenvalue weighted by Gasteiger charge is 2.24. The van der Waals surface area contributed by atoms with Crippen molar-refractivity contribution in [3.8, 4) is 0 Å². The smallest absolute Gasteiger partial charge is 0.269 e. The summed E-state index contributed by atoms with van der Waals surface area (Å²) in [5.41, 5.74) is 1.04. The number of nitro groups is 1. The largest absolute Gasteiger partial charge is 0.382 e. The van der Waals surface area contributed by atoms with Gasteiger partial charge in [0, 0.05) is 23.9 Å². The van der Waals surface area contributed by atoms with Crippen molar-refractivity contribution in [1.82, 2.24) is 0 Å². The molecule has 0 amide bonds. The first-order valence-corrected chi connectivity index (χ1v) is 6.21. The molecule has 1 aromatic carbocycles. The average Bonchev–Trinajstić information content (AvgIpc) is 2.28. The minimum Gasteiger partial charge on any atom is -0.382 e. The Morgan fingerprint density at radius 3 is 2.28 bits per heavy atom. The Morgan fingerprint density at radius 2 is 1.78 bits per heavy atom. The first-order valence-electron chi connectivity index (χ1n) is 6.21. The summed E-state index contributed by atoms with van der Waals surface area (Å²) in [4.78, 5) is 10.2. The average molecular weight is 250 g/mol. The number of nitrogens with zero attached hydrogens (tertiary/aromatic N) is 1. The summed E-state index contributed by atoms with van der Waals surface area (Å²) in [5.74, 6) is 0. The maximum Gasteiger partial charge on any atom is 0.269 e. The first kappa shape index (κ1) is 12.8. The summed E-state index contributed by atoms with van der Waals surface area (Å²) >= 11 is 0. The van der Waals surface area contributed by atoms with Crippen LogP contribution in [0.2, 0.25) is 0 Å². The molecule has 1 heterocycles. The molecule has 1 fully saturated rings. The van der Waals surface area contributed by atoms with E-state index in [0.717, 1.165) is 18.5 Å². The molecule has 5 nitrogen and oxygen atoms in total. The van der Waals surface area contributed by atoms with Crippen LogP contribution in [0.3, 0.4) is 0 Å². The topological polar surface area (TPSA) is 64.4 Å². The monoisotopic (exact) mass is 250 g/mol. The van der Waals surface area contributed by atoms with Crippen LogP contribution in [0.15, 0.2) is 24.3 Å². The molecule has 0 radical (unpaired) electrons. The van der Waals surface area contributed by atoms with Crippen molar-refractivity contribution in [2.24, 2.45) is 0 Å². The number of rotatable bonds is 3. The van der Waals surface area contributed by atoms with E-state index in [0.29, 0.717) is 6.04 Å². The van der Waals surface area contributed by atoms with Crippen molar-refractivity contribution in [2.75, 3.05) is 5.32 Å². The fraction of sp³-hybridized carbons (Fsp3) is 0.538. The molecule has 0 bridgehead atoms. The van der Waals surface area contributed by atoms with Crippen molar-refractivity contribution < 1.29 is 9.66 Å². The number of benzene rings is 1. The van der Waals surface area contributed by atoms with Gasteiger partial charge in [-0.15, -0.1) is 0 Å². The Morgan fingerprint density at radius 1 is 1.22 bits per heavy atom. The highest BCUT2D eigenvalue weighted by molar-refractivity contribution is 5.49. The zero-order chi connectivity index (χ0) is 13.1. The Bertz CT molecular complexity index is 409. The predicted molar refractivity (Wildman–Crippen MR) is 69.8 cm³/mol. The van der Waals surface area contributed by atoms with Gasteiger partial charge in [-0.05, 0) is 38.8 Å². The van der Waals surface area contributed by atoms with Crippen LogP contribution in [0.1, 0.15) is 26.7 Å². The Balaban J connectivity index is 1.98. The lowest BCUT2D eigenvalue weighted by Crippen LogP contribution is -2.36. The summed E-state index contributed by atoms with van der Waals surface area (Å²) < 4.78 is 5.68. The van der Waals surface area contributed by atoms with Crippen molar-refractivity contribution >= 4 is 11.4 Å². The van der Waals surface area contributed by atoms with E-state index in [1.807, 2.05) is 0 Å². The third-order valence-corrected chi connectivity index (χ3v) is 3.15. The molecular formula is C13H18N2O3. The Kier molecular flexibility index (Phi) is 3.81. The van der Waals surface area contributed by atoms with E-state index in [9.17, 15) is 10.1 Å². The zero-order valence-electron chi connectivity index (χ0n) is 10.6. The number of non-ortho nitro benzene ring substituents is 1. The van der Waals surface area contributed by atoms with Gasteiger partial charge in [0.2, 0.25) is 0 Å². The molecule has 2 unspecified atom stereocenters. The molecule has 1 aliphatic heterocycles. The summed E-state index contributed by atoms with van der Waals surface area (Å²) in [5, 5.41) is 14.0. The number of hydrogen-bond donors (Lipinski definition) is 1. The van der Waals surface area contributed by atoms with Crippen molar-refractivity contribution in [2.45, 2.75) is 44.9 Å². The van der Waals surface area contributed by atoms with Gasteiger partial charge in [0.1, 0.15) is 0 Å². The molecule has 2 atom stereocenters. The van der Waals surface area contributed by atoms with Crippen LogP contribution in [-0.4, -0.2) is 23.2 Å². The second-order valence-electron chi connectivity index (χ2n) is 4.87. The third kappa shape index (κ3) is 3.20. The SMILES string of the molecule is CC1CC(Nc2ccc([N+](=O)[O-])cc2)CC(C)O1. The van der Waals surface area contributed by atoms with Gasteiger partial charge < -0.3 is 10.1 Å². The van der Waals surface area contributed by atoms with Gasteiger partial charge in [0.25, 0.3) is 5.69 Å². The molecule has 98 valence electrons. The molecule has 0 aromatic heterocycles. The van der Waals surface area contributed by atoms with Crippen LogP contribution in [0.25, 0.3) is 0 Å². The highest BCUT2D eigenvalue weighted by Crippen LogP contribution is 2.23. The Hall–Kier alpha value is -1.62. The van der Waals surface area contributed by atoms with Crippen LogP contribution in [0.5, 0.6) is 0 Å². The van der Waals surface area contributed by atoms with Gasteiger partial charge in [-0.1, -0.05) is 0 Å².